The first-order valence-electron chi connectivity index (χ1n) is 3.77. The largest absolute Gasteiger partial charge is 0.494 e. The number of hydrogen-bond acceptors (Lipinski definition) is 1. The van der Waals surface area contributed by atoms with Gasteiger partial charge in [-0.3, -0.25) is 0 Å². The van der Waals surface area contributed by atoms with E-state index < -0.39 is 0 Å². The van der Waals surface area contributed by atoms with Crippen LogP contribution in [0.3, 0.4) is 0 Å². The van der Waals surface area contributed by atoms with E-state index in [1.807, 2.05) is 12.2 Å². The van der Waals surface area contributed by atoms with Crippen LogP contribution >= 0.6 is 0 Å². The van der Waals surface area contributed by atoms with Crippen LogP contribution in [-0.2, 0) is 4.74 Å². The van der Waals surface area contributed by atoms with Crippen molar-refractivity contribution in [1.82, 2.24) is 0 Å². The molecule has 1 aliphatic rings. The molecule has 0 aromatic carbocycles. The lowest BCUT2D eigenvalue weighted by atomic mass is 10.1. The van der Waals surface area contributed by atoms with Crippen molar-refractivity contribution < 1.29 is 4.74 Å². The quantitative estimate of drug-likeness (QED) is 0.569. The van der Waals surface area contributed by atoms with Crippen molar-refractivity contribution in [2.45, 2.75) is 20.3 Å². The van der Waals surface area contributed by atoms with Gasteiger partial charge in [0.1, 0.15) is 6.61 Å². The van der Waals surface area contributed by atoms with Gasteiger partial charge in [0, 0.05) is 6.42 Å². The molecule has 1 nitrogen and oxygen atoms in total. The summed E-state index contributed by atoms with van der Waals surface area (Å²) >= 11 is 0. The lowest BCUT2D eigenvalue weighted by Crippen LogP contribution is -1.99. The molecule has 0 fully saturated rings. The summed E-state index contributed by atoms with van der Waals surface area (Å²) in [5.41, 5.74) is 0. The van der Waals surface area contributed by atoms with Crippen LogP contribution in [-0.4, -0.2) is 6.61 Å². The van der Waals surface area contributed by atoms with Crippen LogP contribution in [0, 0.1) is 5.92 Å². The van der Waals surface area contributed by atoms with Crippen LogP contribution in [0.2, 0.25) is 0 Å². The van der Waals surface area contributed by atoms with Crippen LogP contribution in [0.25, 0.3) is 0 Å². The average molecular weight is 138 g/mol. The molecule has 0 saturated heterocycles. The first-order valence-corrected chi connectivity index (χ1v) is 3.77. The Labute approximate surface area is 62.4 Å². The number of rotatable bonds is 2. The molecule has 56 valence electrons. The van der Waals surface area contributed by atoms with Gasteiger partial charge < -0.3 is 4.74 Å². The summed E-state index contributed by atoms with van der Waals surface area (Å²) in [5, 5.41) is 0. The van der Waals surface area contributed by atoms with Gasteiger partial charge in [-0.2, -0.15) is 0 Å². The molecule has 0 radical (unpaired) electrons. The second-order valence-electron chi connectivity index (χ2n) is 2.97. The summed E-state index contributed by atoms with van der Waals surface area (Å²) < 4.78 is 5.36. The minimum absolute atomic E-state index is 0.692. The lowest BCUT2D eigenvalue weighted by Gasteiger charge is -2.12. The van der Waals surface area contributed by atoms with Gasteiger partial charge in [-0.1, -0.05) is 19.9 Å². The third kappa shape index (κ3) is 2.26. The Hall–Kier alpha value is -0.720. The second-order valence-corrected chi connectivity index (χ2v) is 2.97. The molecule has 1 heteroatoms. The molecule has 0 aromatic heterocycles. The SMILES string of the molecule is CC(C)CC1=CC=CCO1. The smallest absolute Gasteiger partial charge is 0.106 e. The highest BCUT2D eigenvalue weighted by molar-refractivity contribution is 5.11. The van der Waals surface area contributed by atoms with Gasteiger partial charge in [0.15, 0.2) is 0 Å². The fourth-order valence-electron chi connectivity index (χ4n) is 0.964. The number of allylic oxidation sites excluding steroid dienone is 3. The molecule has 0 amide bonds. The van der Waals surface area contributed by atoms with Crippen LogP contribution < -0.4 is 0 Å². The molecule has 1 aliphatic heterocycles. The maximum atomic E-state index is 5.36. The monoisotopic (exact) mass is 138 g/mol. The molecule has 10 heavy (non-hydrogen) atoms. The Kier molecular flexibility index (Phi) is 2.55. The molecule has 0 aromatic rings. The van der Waals surface area contributed by atoms with E-state index in [-0.39, 0.29) is 0 Å². The highest BCUT2D eigenvalue weighted by Gasteiger charge is 2.02. The first kappa shape index (κ1) is 7.39. The van der Waals surface area contributed by atoms with E-state index in [0.29, 0.717) is 5.92 Å². The van der Waals surface area contributed by atoms with Crippen LogP contribution in [0.4, 0.5) is 0 Å². The Balaban J connectivity index is 2.39. The standard InChI is InChI=1S/C9H14O/c1-8(2)7-9-5-3-4-6-10-9/h3-5,8H,6-7H2,1-2H3. The van der Waals surface area contributed by atoms with Gasteiger partial charge in [-0.25, -0.2) is 0 Å². The van der Waals surface area contributed by atoms with E-state index in [2.05, 4.69) is 19.9 Å². The summed E-state index contributed by atoms with van der Waals surface area (Å²) in [6.07, 6.45) is 7.18. The van der Waals surface area contributed by atoms with Gasteiger partial charge in [0.2, 0.25) is 0 Å². The van der Waals surface area contributed by atoms with E-state index in [1.54, 1.807) is 0 Å². The summed E-state index contributed by atoms with van der Waals surface area (Å²) in [4.78, 5) is 0. The van der Waals surface area contributed by atoms with Gasteiger partial charge in [0.25, 0.3) is 0 Å². The van der Waals surface area contributed by atoms with Crippen molar-refractivity contribution in [3.8, 4) is 0 Å². The molecule has 0 atom stereocenters. The molecule has 0 N–H and O–H groups in total. The molecular formula is C9H14O. The fourth-order valence-corrected chi connectivity index (χ4v) is 0.964. The Morgan fingerprint density at radius 2 is 2.40 bits per heavy atom. The maximum Gasteiger partial charge on any atom is 0.106 e. The van der Waals surface area contributed by atoms with Gasteiger partial charge in [-0.15, -0.1) is 0 Å². The van der Waals surface area contributed by atoms with Gasteiger partial charge in [0.05, 0.1) is 5.76 Å². The van der Waals surface area contributed by atoms with Crippen molar-refractivity contribution in [2.75, 3.05) is 6.61 Å². The minimum atomic E-state index is 0.692. The zero-order valence-electron chi connectivity index (χ0n) is 6.63. The molecule has 0 unspecified atom stereocenters. The van der Waals surface area contributed by atoms with Crippen molar-refractivity contribution >= 4 is 0 Å². The van der Waals surface area contributed by atoms with Crippen molar-refractivity contribution in [3.63, 3.8) is 0 Å². The highest BCUT2D eigenvalue weighted by Crippen LogP contribution is 2.14. The summed E-state index contributed by atoms with van der Waals surface area (Å²) in [7, 11) is 0. The molecule has 0 aliphatic carbocycles. The van der Waals surface area contributed by atoms with E-state index in [9.17, 15) is 0 Å². The van der Waals surface area contributed by atoms with Crippen molar-refractivity contribution in [2.24, 2.45) is 5.92 Å². The molecule has 0 bridgehead atoms. The van der Waals surface area contributed by atoms with E-state index in [4.69, 9.17) is 4.74 Å². The zero-order valence-corrected chi connectivity index (χ0v) is 6.63. The summed E-state index contributed by atoms with van der Waals surface area (Å²) in [5.74, 6) is 1.82. The summed E-state index contributed by atoms with van der Waals surface area (Å²) in [6.45, 7) is 5.14. The Morgan fingerprint density at radius 3 is 2.90 bits per heavy atom. The fraction of sp³-hybridized carbons (Fsp3) is 0.556. The van der Waals surface area contributed by atoms with Gasteiger partial charge in [-0.05, 0) is 18.1 Å². The highest BCUT2D eigenvalue weighted by atomic mass is 16.5. The molecular weight excluding hydrogens is 124 g/mol. The predicted octanol–water partition coefficient (Wildman–Crippen LogP) is 2.50. The average Bonchev–Trinajstić information content (AvgIpc) is 1.88. The third-order valence-electron chi connectivity index (χ3n) is 1.39. The number of ether oxygens (including phenoxy) is 1. The zero-order chi connectivity index (χ0) is 7.40. The Morgan fingerprint density at radius 1 is 1.60 bits per heavy atom. The molecule has 0 spiro atoms. The van der Waals surface area contributed by atoms with Crippen molar-refractivity contribution in [3.05, 3.63) is 24.0 Å². The number of hydrogen-bond donors (Lipinski definition) is 0. The van der Waals surface area contributed by atoms with Crippen molar-refractivity contribution in [1.29, 1.82) is 0 Å². The maximum absolute atomic E-state index is 5.36. The molecule has 1 heterocycles. The minimum Gasteiger partial charge on any atom is -0.494 e. The topological polar surface area (TPSA) is 9.23 Å². The molecule has 0 saturated carbocycles. The van der Waals surface area contributed by atoms with E-state index in [0.717, 1.165) is 18.8 Å². The van der Waals surface area contributed by atoms with Crippen LogP contribution in [0.15, 0.2) is 24.0 Å². The second kappa shape index (κ2) is 3.45. The van der Waals surface area contributed by atoms with Gasteiger partial charge >= 0.3 is 0 Å². The molecule has 1 rings (SSSR count). The summed E-state index contributed by atoms with van der Waals surface area (Å²) in [6, 6.07) is 0. The first-order chi connectivity index (χ1) is 4.79. The predicted molar refractivity (Wildman–Crippen MR) is 42.6 cm³/mol. The van der Waals surface area contributed by atoms with Crippen LogP contribution in [0.1, 0.15) is 20.3 Å². The van der Waals surface area contributed by atoms with E-state index in [1.165, 1.54) is 0 Å². The van der Waals surface area contributed by atoms with E-state index >= 15 is 0 Å². The van der Waals surface area contributed by atoms with Crippen LogP contribution in [0.5, 0.6) is 0 Å². The Bertz CT molecular complexity index is 154. The lowest BCUT2D eigenvalue weighted by molar-refractivity contribution is 0.223. The normalized spacial score (nSPS) is 16.9. The third-order valence-corrected chi connectivity index (χ3v) is 1.39.